The molecule has 5 rings (SSSR count). The van der Waals surface area contributed by atoms with Crippen molar-refractivity contribution in [1.82, 2.24) is 14.7 Å². The minimum atomic E-state index is -0.444. The summed E-state index contributed by atoms with van der Waals surface area (Å²) in [4.78, 5) is 2.40. The van der Waals surface area contributed by atoms with Crippen LogP contribution in [0.5, 0.6) is 17.4 Å². The molecular weight excluding hydrogens is 462 g/mol. The van der Waals surface area contributed by atoms with E-state index in [2.05, 4.69) is 24.0 Å². The molecule has 1 fully saturated rings. The third-order valence-electron chi connectivity index (χ3n) is 6.79. The molecule has 1 atom stereocenters. The maximum atomic E-state index is 11.0. The third kappa shape index (κ3) is 6.21. The van der Waals surface area contributed by atoms with Crippen LogP contribution in [0.4, 0.5) is 0 Å². The summed E-state index contributed by atoms with van der Waals surface area (Å²) in [5.74, 6) is 2.14. The summed E-state index contributed by atoms with van der Waals surface area (Å²) in [5, 5.41) is 16.0. The Balaban J connectivity index is 1.47. The molecule has 1 heterocycles. The molecule has 1 saturated carbocycles. The summed E-state index contributed by atoms with van der Waals surface area (Å²) in [6.45, 7) is 3.41. The lowest BCUT2D eigenvalue weighted by Crippen LogP contribution is -2.35. The first-order chi connectivity index (χ1) is 18.1. The van der Waals surface area contributed by atoms with Gasteiger partial charge in [0.25, 0.3) is 0 Å². The summed E-state index contributed by atoms with van der Waals surface area (Å²) in [5.41, 5.74) is 4.17. The summed E-state index contributed by atoms with van der Waals surface area (Å²) in [6.07, 6.45) is 3.28. The maximum absolute atomic E-state index is 11.0. The molecule has 37 heavy (non-hydrogen) atoms. The van der Waals surface area contributed by atoms with E-state index in [-0.39, 0.29) is 0 Å². The van der Waals surface area contributed by atoms with E-state index in [1.165, 1.54) is 0 Å². The third-order valence-corrected chi connectivity index (χ3v) is 6.79. The van der Waals surface area contributed by atoms with Crippen molar-refractivity contribution in [2.45, 2.75) is 51.3 Å². The molecule has 192 valence electrons. The highest BCUT2D eigenvalue weighted by molar-refractivity contribution is 5.45. The highest BCUT2D eigenvalue weighted by atomic mass is 16.5. The fourth-order valence-electron chi connectivity index (χ4n) is 4.75. The van der Waals surface area contributed by atoms with Crippen molar-refractivity contribution in [3.63, 3.8) is 0 Å². The number of aliphatic hydroxyl groups excluding tert-OH is 1. The summed E-state index contributed by atoms with van der Waals surface area (Å²) in [7, 11) is 1.65. The first-order valence-electron chi connectivity index (χ1n) is 13.1. The number of rotatable bonds is 12. The van der Waals surface area contributed by atoms with Crippen LogP contribution in [0.2, 0.25) is 0 Å². The van der Waals surface area contributed by atoms with Crippen LogP contribution in [0.25, 0.3) is 5.69 Å². The number of para-hydroxylation sites is 1. The number of ether oxygens (including phenoxy) is 2. The first-order valence-corrected chi connectivity index (χ1v) is 13.1. The number of nitrogens with zero attached hydrogens (tertiary/aromatic N) is 3. The average molecular weight is 498 g/mol. The Hall–Kier alpha value is -3.61. The predicted molar refractivity (Wildman–Crippen MR) is 146 cm³/mol. The van der Waals surface area contributed by atoms with Crippen LogP contribution in [0, 0.1) is 0 Å². The van der Waals surface area contributed by atoms with Crippen LogP contribution in [-0.2, 0) is 19.4 Å². The molecule has 1 aliphatic carbocycles. The molecule has 1 aliphatic rings. The minimum Gasteiger partial charge on any atom is -0.497 e. The number of aliphatic hydroxyl groups is 1. The normalized spacial score (nSPS) is 14.1. The molecule has 0 spiro atoms. The van der Waals surface area contributed by atoms with Crippen molar-refractivity contribution in [2.24, 2.45) is 0 Å². The summed E-state index contributed by atoms with van der Waals surface area (Å²) < 4.78 is 13.9. The SMILES string of the molecule is CCc1nn(-c2ccccc2)c(Oc2cccc(OC)c2)c1CN(C[C@@H](O)Cc1ccccc1)C1CC1. The topological polar surface area (TPSA) is 59.8 Å². The van der Waals surface area contributed by atoms with Crippen molar-refractivity contribution in [3.8, 4) is 23.1 Å². The fourth-order valence-corrected chi connectivity index (χ4v) is 4.75. The second-order valence-electron chi connectivity index (χ2n) is 9.62. The first kappa shape index (κ1) is 25.1. The zero-order valence-electron chi connectivity index (χ0n) is 21.6. The number of aromatic nitrogens is 2. The van der Waals surface area contributed by atoms with Gasteiger partial charge in [-0.1, -0.05) is 61.5 Å². The van der Waals surface area contributed by atoms with Crippen molar-refractivity contribution in [1.29, 1.82) is 0 Å². The van der Waals surface area contributed by atoms with E-state index in [0.717, 1.165) is 47.5 Å². The molecule has 1 aromatic heterocycles. The molecule has 6 heteroatoms. The van der Waals surface area contributed by atoms with Crippen LogP contribution < -0.4 is 9.47 Å². The summed E-state index contributed by atoms with van der Waals surface area (Å²) in [6, 6.07) is 28.4. The van der Waals surface area contributed by atoms with Crippen LogP contribution in [0.3, 0.4) is 0 Å². The van der Waals surface area contributed by atoms with Crippen LogP contribution >= 0.6 is 0 Å². The second-order valence-corrected chi connectivity index (χ2v) is 9.62. The maximum Gasteiger partial charge on any atom is 0.227 e. The quantitative estimate of drug-likeness (QED) is 0.268. The molecular formula is C31H35N3O3. The van der Waals surface area contributed by atoms with Gasteiger partial charge in [-0.3, -0.25) is 4.90 Å². The van der Waals surface area contributed by atoms with E-state index in [1.54, 1.807) is 7.11 Å². The van der Waals surface area contributed by atoms with Gasteiger partial charge in [0, 0.05) is 25.2 Å². The van der Waals surface area contributed by atoms with E-state index >= 15 is 0 Å². The zero-order valence-corrected chi connectivity index (χ0v) is 21.6. The molecule has 0 radical (unpaired) electrons. The Kier molecular flexibility index (Phi) is 7.87. The van der Waals surface area contributed by atoms with Crippen molar-refractivity contribution in [3.05, 3.63) is 102 Å². The van der Waals surface area contributed by atoms with E-state index in [9.17, 15) is 5.11 Å². The smallest absolute Gasteiger partial charge is 0.227 e. The van der Waals surface area contributed by atoms with E-state index in [0.29, 0.717) is 37.2 Å². The van der Waals surface area contributed by atoms with Gasteiger partial charge in [-0.25, -0.2) is 4.68 Å². The second kappa shape index (κ2) is 11.6. The number of methoxy groups -OCH3 is 1. The number of benzene rings is 3. The minimum absolute atomic E-state index is 0.444. The number of hydrogen-bond donors (Lipinski definition) is 1. The number of aryl methyl sites for hydroxylation is 1. The van der Waals surface area contributed by atoms with Gasteiger partial charge in [-0.05, 0) is 55.5 Å². The fraction of sp³-hybridized carbons (Fsp3) is 0.323. The molecule has 4 aromatic rings. The van der Waals surface area contributed by atoms with Gasteiger partial charge in [-0.2, -0.15) is 5.10 Å². The monoisotopic (exact) mass is 497 g/mol. The van der Waals surface area contributed by atoms with Crippen molar-refractivity contribution < 1.29 is 14.6 Å². The van der Waals surface area contributed by atoms with Gasteiger partial charge in [0.2, 0.25) is 5.88 Å². The Morgan fingerprint density at radius 3 is 2.35 bits per heavy atom. The average Bonchev–Trinajstić information content (AvgIpc) is 3.73. The molecule has 6 nitrogen and oxygen atoms in total. The lowest BCUT2D eigenvalue weighted by molar-refractivity contribution is 0.103. The Morgan fingerprint density at radius 1 is 0.973 bits per heavy atom. The molecule has 3 aromatic carbocycles. The van der Waals surface area contributed by atoms with Gasteiger partial charge in [0.1, 0.15) is 11.5 Å². The lowest BCUT2D eigenvalue weighted by Gasteiger charge is -2.25. The van der Waals surface area contributed by atoms with Crippen LogP contribution in [-0.4, -0.2) is 45.6 Å². The largest absolute Gasteiger partial charge is 0.497 e. The van der Waals surface area contributed by atoms with Gasteiger partial charge in [-0.15, -0.1) is 0 Å². The van der Waals surface area contributed by atoms with Crippen LogP contribution in [0.15, 0.2) is 84.9 Å². The van der Waals surface area contributed by atoms with Crippen molar-refractivity contribution in [2.75, 3.05) is 13.7 Å². The molecule has 1 N–H and O–H groups in total. The lowest BCUT2D eigenvalue weighted by atomic mass is 10.1. The molecule has 0 aliphatic heterocycles. The highest BCUT2D eigenvalue weighted by Gasteiger charge is 2.33. The summed E-state index contributed by atoms with van der Waals surface area (Å²) >= 11 is 0. The molecule has 0 bridgehead atoms. The van der Waals surface area contributed by atoms with Crippen molar-refractivity contribution >= 4 is 0 Å². The standard InChI is InChI=1S/C31H35N3O3/c1-3-30-29(22-33(24-17-18-24)21-26(35)19-23-11-6-4-7-12-23)31(34(32-30)25-13-8-5-9-14-25)37-28-16-10-15-27(20-28)36-2/h4-16,20,24,26,35H,3,17-19,21-22H2,1-2H3/t26-/m0/s1. The predicted octanol–water partition coefficient (Wildman–Crippen LogP) is 5.80. The molecule has 0 saturated heterocycles. The van der Waals surface area contributed by atoms with Gasteiger partial charge in [0.05, 0.1) is 30.2 Å². The Labute approximate surface area is 219 Å². The zero-order chi connectivity index (χ0) is 25.6. The molecule has 0 amide bonds. The van der Waals surface area contributed by atoms with E-state index in [1.807, 2.05) is 77.5 Å². The van der Waals surface area contributed by atoms with E-state index < -0.39 is 6.10 Å². The van der Waals surface area contributed by atoms with Gasteiger partial charge in [0.15, 0.2) is 0 Å². The van der Waals surface area contributed by atoms with Crippen LogP contribution in [0.1, 0.15) is 36.6 Å². The van der Waals surface area contributed by atoms with E-state index in [4.69, 9.17) is 14.6 Å². The number of hydrogen-bond acceptors (Lipinski definition) is 5. The highest BCUT2D eigenvalue weighted by Crippen LogP contribution is 2.36. The molecule has 0 unspecified atom stereocenters. The van der Waals surface area contributed by atoms with Gasteiger partial charge >= 0.3 is 0 Å². The van der Waals surface area contributed by atoms with Gasteiger partial charge < -0.3 is 14.6 Å². The Bertz CT molecular complexity index is 1290. The Morgan fingerprint density at radius 2 is 1.68 bits per heavy atom.